The van der Waals surface area contributed by atoms with Crippen LogP contribution in [0, 0.1) is 17.7 Å². The van der Waals surface area contributed by atoms with Crippen LogP contribution >= 0.6 is 0 Å². The molecule has 3 heterocycles. The lowest BCUT2D eigenvalue weighted by molar-refractivity contribution is -0.169. The van der Waals surface area contributed by atoms with E-state index in [1.165, 1.54) is 27.7 Å². The van der Waals surface area contributed by atoms with Gasteiger partial charge in [-0.15, -0.1) is 10.2 Å². The Kier molecular flexibility index (Phi) is 8.62. The molecule has 4 aromatic rings. The summed E-state index contributed by atoms with van der Waals surface area (Å²) >= 11 is 0. The number of rotatable bonds is 10. The molecule has 1 aliphatic heterocycles. The number of halogens is 5. The summed E-state index contributed by atoms with van der Waals surface area (Å²) in [4.78, 5) is 17.7. The lowest BCUT2D eigenvalue weighted by Gasteiger charge is -2.18. The summed E-state index contributed by atoms with van der Waals surface area (Å²) in [6.45, 7) is 6.88. The number of carbonyl (C=O) groups is 1. The van der Waals surface area contributed by atoms with Crippen LogP contribution in [0.4, 0.5) is 39.3 Å². The van der Waals surface area contributed by atoms with Crippen molar-refractivity contribution in [3.63, 3.8) is 0 Å². The van der Waals surface area contributed by atoms with Crippen LogP contribution in [0.3, 0.4) is 0 Å². The number of anilines is 3. The molecule has 1 fully saturated rings. The Morgan fingerprint density at radius 2 is 1.77 bits per heavy atom. The fourth-order valence-corrected chi connectivity index (χ4v) is 5.46. The van der Waals surface area contributed by atoms with Crippen molar-refractivity contribution in [3.05, 3.63) is 60.4 Å². The molecule has 5 rings (SSSR count). The molecule has 15 heteroatoms. The second-order valence-electron chi connectivity index (χ2n) is 11.9. The Morgan fingerprint density at radius 1 is 1.05 bits per heavy atom. The summed E-state index contributed by atoms with van der Waals surface area (Å²) in [5, 5.41) is 11.2. The highest BCUT2D eigenvalue weighted by molar-refractivity contribution is 6.76. The highest BCUT2D eigenvalue weighted by Gasteiger charge is 2.47. The van der Waals surface area contributed by atoms with Crippen LogP contribution in [0.1, 0.15) is 6.42 Å². The zero-order valence-corrected chi connectivity index (χ0v) is 25.6. The number of amides is 1. The summed E-state index contributed by atoms with van der Waals surface area (Å²) < 4.78 is 77.3. The number of aryl methyl sites for hydroxylation is 1. The maximum Gasteiger partial charge on any atom is 0.394 e. The van der Waals surface area contributed by atoms with Crippen LogP contribution in [-0.2, 0) is 23.3 Å². The molecule has 234 valence electrons. The van der Waals surface area contributed by atoms with Gasteiger partial charge in [0.1, 0.15) is 12.5 Å². The first-order valence-corrected chi connectivity index (χ1v) is 17.6. The topological polar surface area (TPSA) is 90.1 Å². The molecule has 9 nitrogen and oxygen atoms in total. The van der Waals surface area contributed by atoms with Crippen LogP contribution < -0.4 is 10.2 Å². The predicted molar refractivity (Wildman–Crippen MR) is 158 cm³/mol. The fraction of sp³-hybridized carbons (Fsp3) is 0.379. The lowest BCUT2D eigenvalue weighted by Crippen LogP contribution is -2.28. The minimum Gasteiger partial charge on any atom is -0.360 e. The second-order valence-corrected chi connectivity index (χ2v) is 17.5. The number of benzene rings is 2. The van der Waals surface area contributed by atoms with Gasteiger partial charge in [-0.3, -0.25) is 4.79 Å². The Balaban J connectivity index is 1.24. The van der Waals surface area contributed by atoms with Gasteiger partial charge in [0.25, 0.3) is 0 Å². The Hall–Kier alpha value is -4.11. The van der Waals surface area contributed by atoms with Gasteiger partial charge in [0.15, 0.2) is 5.82 Å². The molecule has 44 heavy (non-hydrogen) atoms. The molecule has 0 spiro atoms. The molecule has 1 aliphatic rings. The maximum absolute atomic E-state index is 15.1. The van der Waals surface area contributed by atoms with Gasteiger partial charge in [-0.25, -0.2) is 13.8 Å². The number of hydrogen-bond acceptors (Lipinski definition) is 6. The van der Waals surface area contributed by atoms with E-state index in [2.05, 4.69) is 40.1 Å². The molecule has 1 unspecified atom stereocenters. The van der Waals surface area contributed by atoms with Crippen molar-refractivity contribution in [2.24, 2.45) is 13.0 Å². The summed E-state index contributed by atoms with van der Waals surface area (Å²) in [5.41, 5.74) is 1.31. The minimum absolute atomic E-state index is 0.0109. The first kappa shape index (κ1) is 31.3. The van der Waals surface area contributed by atoms with Crippen LogP contribution in [0.5, 0.6) is 0 Å². The van der Waals surface area contributed by atoms with Crippen LogP contribution in [0.25, 0.3) is 22.5 Å². The third-order valence-electron chi connectivity index (χ3n) is 7.24. The van der Waals surface area contributed by atoms with Gasteiger partial charge in [-0.1, -0.05) is 19.6 Å². The van der Waals surface area contributed by atoms with E-state index in [9.17, 15) is 22.4 Å². The molecule has 0 saturated carbocycles. The first-order chi connectivity index (χ1) is 20.7. The molecule has 1 N–H and O–H groups in total. The van der Waals surface area contributed by atoms with E-state index >= 15 is 4.39 Å². The molecule has 0 bridgehead atoms. The summed E-state index contributed by atoms with van der Waals surface area (Å²) in [5.74, 6) is -3.17. The van der Waals surface area contributed by atoms with Gasteiger partial charge < -0.3 is 15.0 Å². The lowest BCUT2D eigenvalue weighted by atomic mass is 10.1. The largest absolute Gasteiger partial charge is 0.394 e. The van der Waals surface area contributed by atoms with E-state index in [0.717, 1.165) is 10.9 Å². The molecule has 0 aliphatic carbocycles. The van der Waals surface area contributed by atoms with E-state index in [1.807, 2.05) is 0 Å². The van der Waals surface area contributed by atoms with E-state index in [-0.39, 0.29) is 23.8 Å². The van der Waals surface area contributed by atoms with Gasteiger partial charge in [0.05, 0.1) is 11.5 Å². The summed E-state index contributed by atoms with van der Waals surface area (Å²) in [6.07, 6.45) is -3.60. The Labute approximate surface area is 251 Å². The normalized spacial score (nSPS) is 15.8. The molecule has 0 radical (unpaired) electrons. The molecule has 1 atom stereocenters. The number of hydrogen-bond donors (Lipinski definition) is 1. The van der Waals surface area contributed by atoms with Crippen LogP contribution in [-0.4, -0.2) is 57.9 Å². The van der Waals surface area contributed by atoms with Crippen molar-refractivity contribution in [2.75, 3.05) is 23.4 Å². The van der Waals surface area contributed by atoms with Crippen molar-refractivity contribution >= 4 is 31.3 Å². The van der Waals surface area contributed by atoms with Crippen molar-refractivity contribution in [3.8, 4) is 22.5 Å². The molecule has 2 aromatic carbocycles. The second kappa shape index (κ2) is 12.1. The smallest absolute Gasteiger partial charge is 0.360 e. The Bertz CT molecular complexity index is 1650. The minimum atomic E-state index is -4.43. The molecular formula is C29H32F5N7O2Si. The maximum atomic E-state index is 15.1. The number of alkyl halides is 3. The number of carbonyl (C=O) groups excluding carboxylic acids is 1. The van der Waals surface area contributed by atoms with E-state index in [0.29, 0.717) is 29.4 Å². The average molecular weight is 634 g/mol. The molecular weight excluding hydrogens is 601 g/mol. The molecule has 1 saturated heterocycles. The number of aromatic nitrogens is 5. The summed E-state index contributed by atoms with van der Waals surface area (Å²) in [7, 11) is 0.367. The highest BCUT2D eigenvalue weighted by Crippen LogP contribution is 2.36. The third kappa shape index (κ3) is 7.15. The van der Waals surface area contributed by atoms with Gasteiger partial charge in [-0.2, -0.15) is 22.5 Å². The van der Waals surface area contributed by atoms with Crippen LogP contribution in [0.15, 0.2) is 48.7 Å². The molecule has 2 aromatic heterocycles. The number of ether oxygens (including phenoxy) is 1. The van der Waals surface area contributed by atoms with E-state index < -0.39 is 50.8 Å². The highest BCUT2D eigenvalue weighted by atomic mass is 28.3. The number of nitrogens with zero attached hydrogens (tertiary/aromatic N) is 6. The number of nitrogens with one attached hydrogen (secondary N) is 1. The summed E-state index contributed by atoms with van der Waals surface area (Å²) in [6, 6.07) is 11.5. The monoisotopic (exact) mass is 633 g/mol. The predicted octanol–water partition coefficient (Wildman–Crippen LogP) is 6.59. The zero-order valence-electron chi connectivity index (χ0n) is 24.6. The fourth-order valence-electron chi connectivity index (χ4n) is 4.70. The molecule has 1 amide bonds. The zero-order chi connectivity index (χ0) is 31.8. The quantitative estimate of drug-likeness (QED) is 0.120. The average Bonchev–Trinajstić information content (AvgIpc) is 3.63. The van der Waals surface area contributed by atoms with E-state index in [1.54, 1.807) is 37.4 Å². The standard InChI is InChI=1S/C29H32F5N7O2Si/c1-39-28(36-27(38-39)18-5-8-21(9-6-18)41-15-19(13-25(41)42)29(32,33)34)35-20-7-10-22(24(30)14-20)23-16-40(37-26(23)31)17-43-11-12-44(2,3)4/h5-10,14,16,19H,11-13,15,17H2,1-4H3,(H,35,36,38). The van der Waals surface area contributed by atoms with Gasteiger partial charge in [0.2, 0.25) is 17.8 Å². The van der Waals surface area contributed by atoms with E-state index in [4.69, 9.17) is 4.74 Å². The first-order valence-electron chi connectivity index (χ1n) is 13.9. The van der Waals surface area contributed by atoms with Crippen molar-refractivity contribution in [1.82, 2.24) is 24.5 Å². The van der Waals surface area contributed by atoms with Gasteiger partial charge in [0, 0.05) is 63.4 Å². The Morgan fingerprint density at radius 3 is 2.41 bits per heavy atom. The third-order valence-corrected chi connectivity index (χ3v) is 8.94. The van der Waals surface area contributed by atoms with Crippen molar-refractivity contribution in [2.45, 2.75) is 45.0 Å². The van der Waals surface area contributed by atoms with Crippen molar-refractivity contribution < 1.29 is 31.5 Å². The van der Waals surface area contributed by atoms with Crippen LogP contribution in [0.2, 0.25) is 25.7 Å². The SMILES string of the molecule is Cn1nc(-c2ccc(N3CC(C(F)(F)F)CC3=O)cc2)nc1Nc1ccc(-c2cn(COCC[Si](C)(C)C)nc2F)c(F)c1. The van der Waals surface area contributed by atoms with Gasteiger partial charge >= 0.3 is 6.18 Å². The van der Waals surface area contributed by atoms with Crippen molar-refractivity contribution in [1.29, 1.82) is 0 Å². The van der Waals surface area contributed by atoms with Gasteiger partial charge in [-0.05, 0) is 48.5 Å².